The fourth-order valence-electron chi connectivity index (χ4n) is 4.05. The van der Waals surface area contributed by atoms with Crippen molar-refractivity contribution < 1.29 is 9.18 Å². The van der Waals surface area contributed by atoms with Crippen molar-refractivity contribution >= 4 is 5.78 Å². The first-order valence-corrected chi connectivity index (χ1v) is 7.65. The Morgan fingerprint density at radius 3 is 2.65 bits per heavy atom. The zero-order chi connectivity index (χ0) is 14.1. The molecule has 0 heterocycles. The van der Waals surface area contributed by atoms with Crippen molar-refractivity contribution in [3.05, 3.63) is 35.6 Å². The van der Waals surface area contributed by atoms with Gasteiger partial charge in [-0.1, -0.05) is 6.42 Å². The molecule has 2 aliphatic rings. The van der Waals surface area contributed by atoms with Crippen molar-refractivity contribution in [3.63, 3.8) is 0 Å². The average molecular weight is 275 g/mol. The number of ketones is 1. The number of hydrogen-bond acceptors (Lipinski definition) is 2. The van der Waals surface area contributed by atoms with Gasteiger partial charge in [0.25, 0.3) is 0 Å². The lowest BCUT2D eigenvalue weighted by atomic mass is 9.84. The van der Waals surface area contributed by atoms with E-state index in [2.05, 4.69) is 12.2 Å². The van der Waals surface area contributed by atoms with Crippen LogP contribution >= 0.6 is 0 Å². The molecule has 0 radical (unpaired) electrons. The zero-order valence-corrected chi connectivity index (χ0v) is 11.9. The smallest absolute Gasteiger partial charge is 0.176 e. The Bertz CT molecular complexity index is 484. The van der Waals surface area contributed by atoms with E-state index < -0.39 is 0 Å². The fourth-order valence-corrected chi connectivity index (χ4v) is 4.05. The van der Waals surface area contributed by atoms with Crippen molar-refractivity contribution in [2.45, 2.75) is 38.6 Å². The van der Waals surface area contributed by atoms with Gasteiger partial charge in [0, 0.05) is 11.6 Å². The van der Waals surface area contributed by atoms with Crippen LogP contribution < -0.4 is 5.32 Å². The van der Waals surface area contributed by atoms with Gasteiger partial charge in [0.05, 0.1) is 6.54 Å². The summed E-state index contributed by atoms with van der Waals surface area (Å²) in [5, 5.41) is 3.38. The van der Waals surface area contributed by atoms with Gasteiger partial charge in [0.1, 0.15) is 5.82 Å². The molecule has 4 unspecified atom stereocenters. The molecule has 0 saturated heterocycles. The normalized spacial score (nSPS) is 29.6. The second-order valence-corrected chi connectivity index (χ2v) is 6.44. The van der Waals surface area contributed by atoms with Crippen molar-refractivity contribution in [1.29, 1.82) is 0 Å². The van der Waals surface area contributed by atoms with E-state index in [9.17, 15) is 9.18 Å². The molecule has 2 bridgehead atoms. The quantitative estimate of drug-likeness (QED) is 0.834. The molecule has 2 aliphatic carbocycles. The lowest BCUT2D eigenvalue weighted by Gasteiger charge is -2.28. The number of nitrogens with one attached hydrogen (secondary N) is 1. The van der Waals surface area contributed by atoms with E-state index in [1.807, 2.05) is 0 Å². The van der Waals surface area contributed by atoms with E-state index >= 15 is 0 Å². The highest BCUT2D eigenvalue weighted by molar-refractivity contribution is 5.97. The molecule has 0 spiro atoms. The summed E-state index contributed by atoms with van der Waals surface area (Å²) in [5.74, 6) is 2.27. The Morgan fingerprint density at radius 1 is 1.30 bits per heavy atom. The van der Waals surface area contributed by atoms with Crippen LogP contribution in [0.15, 0.2) is 24.3 Å². The van der Waals surface area contributed by atoms with Crippen LogP contribution in [0, 0.1) is 23.6 Å². The molecule has 1 aromatic carbocycles. The van der Waals surface area contributed by atoms with E-state index in [4.69, 9.17) is 0 Å². The molecular weight excluding hydrogens is 253 g/mol. The maximum absolute atomic E-state index is 12.8. The number of rotatable bonds is 5. The van der Waals surface area contributed by atoms with E-state index in [1.54, 1.807) is 12.1 Å². The second-order valence-electron chi connectivity index (χ2n) is 6.44. The summed E-state index contributed by atoms with van der Waals surface area (Å²) < 4.78 is 12.8. The van der Waals surface area contributed by atoms with E-state index in [0.717, 1.165) is 17.8 Å². The number of fused-ring (bicyclic) bond motifs is 2. The summed E-state index contributed by atoms with van der Waals surface area (Å²) >= 11 is 0. The second kappa shape index (κ2) is 5.65. The van der Waals surface area contributed by atoms with Crippen molar-refractivity contribution in [3.8, 4) is 0 Å². The first kappa shape index (κ1) is 13.7. The predicted octanol–water partition coefficient (Wildman–Crippen LogP) is 3.42. The molecule has 3 rings (SSSR count). The topological polar surface area (TPSA) is 29.1 Å². The van der Waals surface area contributed by atoms with Crippen LogP contribution in [0.3, 0.4) is 0 Å². The Morgan fingerprint density at radius 2 is 2.05 bits per heavy atom. The minimum Gasteiger partial charge on any atom is -0.307 e. The van der Waals surface area contributed by atoms with Crippen molar-refractivity contribution in [2.24, 2.45) is 17.8 Å². The van der Waals surface area contributed by atoms with Crippen LogP contribution in [0.2, 0.25) is 0 Å². The molecule has 0 aromatic heterocycles. The molecule has 0 amide bonds. The van der Waals surface area contributed by atoms with Gasteiger partial charge in [-0.05, 0) is 68.2 Å². The van der Waals surface area contributed by atoms with Gasteiger partial charge in [-0.3, -0.25) is 4.79 Å². The van der Waals surface area contributed by atoms with E-state index in [1.165, 1.54) is 37.8 Å². The summed E-state index contributed by atoms with van der Waals surface area (Å²) in [7, 11) is 0. The highest BCUT2D eigenvalue weighted by Crippen LogP contribution is 2.49. The lowest BCUT2D eigenvalue weighted by Crippen LogP contribution is -2.39. The highest BCUT2D eigenvalue weighted by Gasteiger charge is 2.41. The third kappa shape index (κ3) is 2.78. The summed E-state index contributed by atoms with van der Waals surface area (Å²) in [4.78, 5) is 12.1. The van der Waals surface area contributed by atoms with Crippen molar-refractivity contribution in [2.75, 3.05) is 6.54 Å². The van der Waals surface area contributed by atoms with Crippen LogP contribution in [0.25, 0.3) is 0 Å². The fraction of sp³-hybridized carbons (Fsp3) is 0.588. The standard InChI is InChI=1S/C17H22FNO/c1-11(16-9-12-2-3-14(16)8-12)19-10-17(20)13-4-6-15(18)7-5-13/h4-7,11-12,14,16,19H,2-3,8-10H2,1H3. The predicted molar refractivity (Wildman–Crippen MR) is 77.1 cm³/mol. The SMILES string of the molecule is CC(NCC(=O)c1ccc(F)cc1)C1CC2CCC1C2. The Hall–Kier alpha value is -1.22. The number of carbonyl (C=O) groups excluding carboxylic acids is 1. The maximum atomic E-state index is 12.8. The summed E-state index contributed by atoms with van der Waals surface area (Å²) in [6.07, 6.45) is 5.49. The summed E-state index contributed by atoms with van der Waals surface area (Å²) in [6.45, 7) is 2.55. The van der Waals surface area contributed by atoms with E-state index in [0.29, 0.717) is 18.2 Å². The molecule has 1 aromatic rings. The molecule has 0 aliphatic heterocycles. The molecule has 20 heavy (non-hydrogen) atoms. The largest absolute Gasteiger partial charge is 0.307 e. The minimum absolute atomic E-state index is 0.0417. The Kier molecular flexibility index (Phi) is 3.88. The lowest BCUT2D eigenvalue weighted by molar-refractivity contribution is 0.0981. The van der Waals surface area contributed by atoms with Gasteiger partial charge in [-0.2, -0.15) is 0 Å². The number of carbonyl (C=O) groups is 1. The monoisotopic (exact) mass is 275 g/mol. The minimum atomic E-state index is -0.301. The van der Waals surface area contributed by atoms with Gasteiger partial charge < -0.3 is 5.32 Å². The number of hydrogen-bond donors (Lipinski definition) is 1. The number of halogens is 1. The number of Topliss-reactive ketones (excluding diaryl/α,β-unsaturated/α-hetero) is 1. The van der Waals surface area contributed by atoms with Gasteiger partial charge >= 0.3 is 0 Å². The van der Waals surface area contributed by atoms with E-state index in [-0.39, 0.29) is 11.6 Å². The van der Waals surface area contributed by atoms with Crippen LogP contribution in [0.1, 0.15) is 43.0 Å². The van der Waals surface area contributed by atoms with Crippen LogP contribution in [-0.4, -0.2) is 18.4 Å². The van der Waals surface area contributed by atoms with Crippen LogP contribution in [0.5, 0.6) is 0 Å². The van der Waals surface area contributed by atoms with Gasteiger partial charge in [-0.15, -0.1) is 0 Å². The average Bonchev–Trinajstić information content (AvgIpc) is 3.08. The highest BCUT2D eigenvalue weighted by atomic mass is 19.1. The van der Waals surface area contributed by atoms with Gasteiger partial charge in [-0.25, -0.2) is 4.39 Å². The van der Waals surface area contributed by atoms with Gasteiger partial charge in [0.15, 0.2) is 5.78 Å². The Balaban J connectivity index is 1.51. The summed E-state index contributed by atoms with van der Waals surface area (Å²) in [5.41, 5.74) is 0.582. The molecule has 2 fully saturated rings. The van der Waals surface area contributed by atoms with Crippen LogP contribution in [-0.2, 0) is 0 Å². The first-order chi connectivity index (χ1) is 9.63. The molecular formula is C17H22FNO. The molecule has 4 atom stereocenters. The zero-order valence-electron chi connectivity index (χ0n) is 11.9. The number of benzene rings is 1. The van der Waals surface area contributed by atoms with Crippen LogP contribution in [0.4, 0.5) is 4.39 Å². The molecule has 108 valence electrons. The summed E-state index contributed by atoms with van der Waals surface area (Å²) in [6, 6.07) is 6.19. The molecule has 3 heteroatoms. The van der Waals surface area contributed by atoms with Gasteiger partial charge in [0.2, 0.25) is 0 Å². The first-order valence-electron chi connectivity index (χ1n) is 7.65. The molecule has 2 saturated carbocycles. The maximum Gasteiger partial charge on any atom is 0.176 e. The molecule has 1 N–H and O–H groups in total. The third-order valence-corrected chi connectivity index (χ3v) is 5.19. The van der Waals surface area contributed by atoms with Crippen molar-refractivity contribution in [1.82, 2.24) is 5.32 Å². The molecule has 2 nitrogen and oxygen atoms in total. The Labute approximate surface area is 119 Å². The third-order valence-electron chi connectivity index (χ3n) is 5.19.